The minimum absolute atomic E-state index is 0.253. The summed E-state index contributed by atoms with van der Waals surface area (Å²) in [6.45, 7) is 2.00. The Morgan fingerprint density at radius 1 is 1.24 bits per heavy atom. The standard InChI is InChI=1S/C17H19F3N8O/c1-10-6-13(17(18,19)20)23-28(10)8-14(29)27-5-4-12-11(7-27)15(24-26(12)3)16-22-21-9-25(16)2/h6,9H,4-5,7-8H2,1-3H3. The summed E-state index contributed by atoms with van der Waals surface area (Å²) in [4.78, 5) is 14.4. The number of nitrogens with zero attached hydrogens (tertiary/aromatic N) is 8. The van der Waals surface area contributed by atoms with Crippen molar-refractivity contribution in [2.75, 3.05) is 6.54 Å². The number of aryl methyl sites for hydroxylation is 3. The molecule has 12 heteroatoms. The van der Waals surface area contributed by atoms with Crippen molar-refractivity contribution in [1.82, 2.24) is 39.2 Å². The van der Waals surface area contributed by atoms with Gasteiger partial charge in [0.1, 0.15) is 18.6 Å². The summed E-state index contributed by atoms with van der Waals surface area (Å²) in [5.74, 6) is 0.289. The minimum atomic E-state index is -4.54. The van der Waals surface area contributed by atoms with Gasteiger partial charge in [0.25, 0.3) is 0 Å². The van der Waals surface area contributed by atoms with Crippen molar-refractivity contribution in [3.8, 4) is 11.5 Å². The minimum Gasteiger partial charge on any atom is -0.336 e. The van der Waals surface area contributed by atoms with E-state index in [0.717, 1.165) is 22.0 Å². The van der Waals surface area contributed by atoms with Crippen LogP contribution in [0.3, 0.4) is 0 Å². The van der Waals surface area contributed by atoms with Crippen molar-refractivity contribution in [2.24, 2.45) is 14.1 Å². The Balaban J connectivity index is 1.57. The Kier molecular flexibility index (Phi) is 4.43. The average Bonchev–Trinajstić information content (AvgIpc) is 3.32. The summed E-state index contributed by atoms with van der Waals surface area (Å²) in [6.07, 6.45) is -2.38. The summed E-state index contributed by atoms with van der Waals surface area (Å²) in [5.41, 5.74) is 1.80. The maximum absolute atomic E-state index is 12.9. The van der Waals surface area contributed by atoms with Gasteiger partial charge in [0, 0.05) is 50.6 Å². The van der Waals surface area contributed by atoms with Gasteiger partial charge in [0.2, 0.25) is 5.91 Å². The van der Waals surface area contributed by atoms with Crippen LogP contribution in [0.2, 0.25) is 0 Å². The Labute approximate surface area is 163 Å². The highest BCUT2D eigenvalue weighted by Crippen LogP contribution is 2.30. The van der Waals surface area contributed by atoms with Crippen LogP contribution in [0.5, 0.6) is 0 Å². The lowest BCUT2D eigenvalue weighted by molar-refractivity contribution is -0.142. The van der Waals surface area contributed by atoms with E-state index in [4.69, 9.17) is 0 Å². The molecule has 0 radical (unpaired) electrons. The van der Waals surface area contributed by atoms with Crippen LogP contribution in [0.1, 0.15) is 22.6 Å². The number of halogens is 3. The fourth-order valence-corrected chi connectivity index (χ4v) is 3.52. The number of carbonyl (C=O) groups excluding carboxylic acids is 1. The predicted octanol–water partition coefficient (Wildman–Crippen LogP) is 1.32. The zero-order chi connectivity index (χ0) is 20.9. The lowest BCUT2D eigenvalue weighted by Gasteiger charge is -2.27. The molecule has 1 aliphatic heterocycles. The summed E-state index contributed by atoms with van der Waals surface area (Å²) >= 11 is 0. The Morgan fingerprint density at radius 3 is 2.62 bits per heavy atom. The molecule has 1 aliphatic rings. The molecule has 3 aromatic heterocycles. The summed E-state index contributed by atoms with van der Waals surface area (Å²) in [7, 11) is 3.64. The zero-order valence-corrected chi connectivity index (χ0v) is 16.1. The highest BCUT2D eigenvalue weighted by Gasteiger charge is 2.35. The maximum Gasteiger partial charge on any atom is 0.435 e. The molecule has 1 amide bonds. The highest BCUT2D eigenvalue weighted by atomic mass is 19.4. The van der Waals surface area contributed by atoms with E-state index in [1.807, 2.05) is 7.05 Å². The lowest BCUT2D eigenvalue weighted by atomic mass is 10.0. The van der Waals surface area contributed by atoms with Crippen molar-refractivity contribution < 1.29 is 18.0 Å². The Hall–Kier alpha value is -3.18. The van der Waals surface area contributed by atoms with Gasteiger partial charge < -0.3 is 9.47 Å². The molecule has 0 unspecified atom stereocenters. The smallest absolute Gasteiger partial charge is 0.336 e. The third-order valence-corrected chi connectivity index (χ3v) is 5.07. The summed E-state index contributed by atoms with van der Waals surface area (Å²) in [6, 6.07) is 0.939. The third-order valence-electron chi connectivity index (χ3n) is 5.07. The number of aromatic nitrogens is 7. The molecule has 0 spiro atoms. The van der Waals surface area contributed by atoms with E-state index in [1.165, 1.54) is 6.92 Å². The molecule has 9 nitrogen and oxygen atoms in total. The molecule has 0 atom stereocenters. The molecule has 0 saturated carbocycles. The molecular weight excluding hydrogens is 389 g/mol. The molecule has 3 aromatic rings. The molecule has 29 heavy (non-hydrogen) atoms. The van der Waals surface area contributed by atoms with Crippen molar-refractivity contribution in [1.29, 1.82) is 0 Å². The second kappa shape index (κ2) is 6.71. The van der Waals surface area contributed by atoms with Crippen LogP contribution in [0.4, 0.5) is 13.2 Å². The number of alkyl halides is 3. The first-order valence-electron chi connectivity index (χ1n) is 8.93. The van der Waals surface area contributed by atoms with Gasteiger partial charge in [-0.15, -0.1) is 10.2 Å². The number of amides is 1. The van der Waals surface area contributed by atoms with Crippen LogP contribution in [0, 0.1) is 6.92 Å². The topological polar surface area (TPSA) is 86.7 Å². The fraction of sp³-hybridized carbons (Fsp3) is 0.471. The molecule has 4 heterocycles. The molecule has 0 aliphatic carbocycles. The van der Waals surface area contributed by atoms with Crippen LogP contribution in [0.25, 0.3) is 11.5 Å². The Morgan fingerprint density at radius 2 is 2.00 bits per heavy atom. The van der Waals surface area contributed by atoms with Gasteiger partial charge in [-0.05, 0) is 13.0 Å². The van der Waals surface area contributed by atoms with Crippen LogP contribution in [-0.4, -0.2) is 51.7 Å². The van der Waals surface area contributed by atoms with E-state index < -0.39 is 11.9 Å². The maximum atomic E-state index is 12.9. The van der Waals surface area contributed by atoms with Crippen molar-refractivity contribution >= 4 is 5.91 Å². The summed E-state index contributed by atoms with van der Waals surface area (Å²) < 4.78 is 43.2. The molecule has 0 aromatic carbocycles. The third kappa shape index (κ3) is 3.38. The molecule has 0 bridgehead atoms. The number of fused-ring (bicyclic) bond motifs is 1. The second-order valence-electron chi connectivity index (χ2n) is 7.05. The molecule has 0 saturated heterocycles. The van der Waals surface area contributed by atoms with E-state index in [2.05, 4.69) is 20.4 Å². The molecule has 154 valence electrons. The van der Waals surface area contributed by atoms with Crippen molar-refractivity contribution in [3.63, 3.8) is 0 Å². The van der Waals surface area contributed by atoms with Crippen LogP contribution in [-0.2, 0) is 44.6 Å². The summed E-state index contributed by atoms with van der Waals surface area (Å²) in [5, 5.41) is 16.0. The van der Waals surface area contributed by atoms with Gasteiger partial charge in [-0.3, -0.25) is 14.2 Å². The molecular formula is C17H19F3N8O. The van der Waals surface area contributed by atoms with E-state index in [9.17, 15) is 18.0 Å². The normalized spacial score (nSPS) is 14.3. The van der Waals surface area contributed by atoms with E-state index >= 15 is 0 Å². The SMILES string of the molecule is Cc1cc(C(F)(F)F)nn1CC(=O)N1CCc2c(c(-c3nncn3C)nn2C)C1. The monoisotopic (exact) mass is 408 g/mol. The second-order valence-corrected chi connectivity index (χ2v) is 7.05. The largest absolute Gasteiger partial charge is 0.435 e. The number of hydrogen-bond acceptors (Lipinski definition) is 5. The van der Waals surface area contributed by atoms with Crippen LogP contribution in [0.15, 0.2) is 12.4 Å². The first-order valence-corrected chi connectivity index (χ1v) is 8.93. The molecule has 4 rings (SSSR count). The lowest BCUT2D eigenvalue weighted by Crippen LogP contribution is -2.38. The van der Waals surface area contributed by atoms with E-state index in [1.54, 1.807) is 27.5 Å². The first-order chi connectivity index (χ1) is 13.6. The van der Waals surface area contributed by atoms with E-state index in [-0.39, 0.29) is 18.1 Å². The van der Waals surface area contributed by atoms with Gasteiger partial charge in [0.05, 0.1) is 0 Å². The van der Waals surface area contributed by atoms with Crippen LogP contribution < -0.4 is 0 Å². The van der Waals surface area contributed by atoms with Gasteiger partial charge in [-0.25, -0.2) is 0 Å². The quantitative estimate of drug-likeness (QED) is 0.653. The Bertz CT molecular complexity index is 1080. The first kappa shape index (κ1) is 19.2. The predicted molar refractivity (Wildman–Crippen MR) is 94.3 cm³/mol. The van der Waals surface area contributed by atoms with Gasteiger partial charge in [-0.1, -0.05) is 0 Å². The zero-order valence-electron chi connectivity index (χ0n) is 16.1. The van der Waals surface area contributed by atoms with Crippen molar-refractivity contribution in [2.45, 2.75) is 32.6 Å². The van der Waals surface area contributed by atoms with Gasteiger partial charge >= 0.3 is 6.18 Å². The number of carbonyl (C=O) groups is 1. The average molecular weight is 408 g/mol. The van der Waals surface area contributed by atoms with Crippen LogP contribution >= 0.6 is 0 Å². The molecule has 0 N–H and O–H groups in total. The number of hydrogen-bond donors (Lipinski definition) is 0. The molecule has 0 fully saturated rings. The van der Waals surface area contributed by atoms with Crippen molar-refractivity contribution in [3.05, 3.63) is 35.0 Å². The number of rotatable bonds is 3. The van der Waals surface area contributed by atoms with Gasteiger partial charge in [-0.2, -0.15) is 23.4 Å². The van der Waals surface area contributed by atoms with Gasteiger partial charge in [0.15, 0.2) is 11.5 Å². The highest BCUT2D eigenvalue weighted by molar-refractivity contribution is 5.77. The fourth-order valence-electron chi connectivity index (χ4n) is 3.52. The van der Waals surface area contributed by atoms with E-state index in [0.29, 0.717) is 31.0 Å².